The Bertz CT molecular complexity index is 573. The van der Waals surface area contributed by atoms with Crippen LogP contribution in [-0.2, 0) is 6.54 Å². The van der Waals surface area contributed by atoms with Crippen molar-refractivity contribution in [1.82, 2.24) is 9.88 Å². The zero-order valence-electron chi connectivity index (χ0n) is 11.0. The fourth-order valence-corrected chi connectivity index (χ4v) is 2.51. The van der Waals surface area contributed by atoms with Crippen LogP contribution < -0.4 is 0 Å². The summed E-state index contributed by atoms with van der Waals surface area (Å²) in [5.74, 6) is 0.0743. The van der Waals surface area contributed by atoms with E-state index in [1.807, 2.05) is 19.1 Å². The molecule has 0 bridgehead atoms. The summed E-state index contributed by atoms with van der Waals surface area (Å²) in [5, 5.41) is 0. The standard InChI is InChI=1S/C15H17FN2O/c1-11-10-19-15(17-11)13-8-12(4-5-14(13)16)9-18-6-2-3-7-18/h4-5,8,10H,2-3,6-7,9H2,1H3. The second-order valence-corrected chi connectivity index (χ2v) is 5.09. The highest BCUT2D eigenvalue weighted by Crippen LogP contribution is 2.24. The van der Waals surface area contributed by atoms with Crippen molar-refractivity contribution < 1.29 is 8.81 Å². The molecule has 3 nitrogen and oxygen atoms in total. The van der Waals surface area contributed by atoms with Crippen LogP contribution in [-0.4, -0.2) is 23.0 Å². The predicted octanol–water partition coefficient (Wildman–Crippen LogP) is 3.38. The molecular weight excluding hydrogens is 243 g/mol. The molecule has 0 saturated carbocycles. The van der Waals surface area contributed by atoms with E-state index >= 15 is 0 Å². The maximum Gasteiger partial charge on any atom is 0.229 e. The van der Waals surface area contributed by atoms with Gasteiger partial charge in [-0.3, -0.25) is 4.90 Å². The molecule has 0 unspecified atom stereocenters. The Morgan fingerprint density at radius 3 is 2.79 bits per heavy atom. The Morgan fingerprint density at radius 1 is 1.32 bits per heavy atom. The van der Waals surface area contributed by atoms with E-state index in [1.54, 1.807) is 6.26 Å². The van der Waals surface area contributed by atoms with Crippen LogP contribution in [0.25, 0.3) is 11.5 Å². The lowest BCUT2D eigenvalue weighted by molar-refractivity contribution is 0.331. The van der Waals surface area contributed by atoms with E-state index in [1.165, 1.54) is 18.9 Å². The molecule has 0 spiro atoms. The van der Waals surface area contributed by atoms with Crippen molar-refractivity contribution in [2.75, 3.05) is 13.1 Å². The Morgan fingerprint density at radius 2 is 2.11 bits per heavy atom. The maximum absolute atomic E-state index is 13.9. The molecule has 0 aliphatic carbocycles. The highest BCUT2D eigenvalue weighted by atomic mass is 19.1. The van der Waals surface area contributed by atoms with Crippen LogP contribution in [0.5, 0.6) is 0 Å². The highest BCUT2D eigenvalue weighted by molar-refractivity contribution is 5.55. The molecule has 4 heteroatoms. The van der Waals surface area contributed by atoms with E-state index in [2.05, 4.69) is 9.88 Å². The number of halogens is 1. The number of oxazole rings is 1. The lowest BCUT2D eigenvalue weighted by Gasteiger charge is -2.14. The van der Waals surface area contributed by atoms with Gasteiger partial charge in [-0.2, -0.15) is 0 Å². The number of nitrogens with zero attached hydrogens (tertiary/aromatic N) is 2. The zero-order chi connectivity index (χ0) is 13.2. The Balaban J connectivity index is 1.87. The van der Waals surface area contributed by atoms with Crippen LogP contribution in [0, 0.1) is 12.7 Å². The molecule has 1 aliphatic rings. The largest absolute Gasteiger partial charge is 0.444 e. The zero-order valence-corrected chi connectivity index (χ0v) is 11.0. The average Bonchev–Trinajstić information content (AvgIpc) is 3.03. The first-order valence-electron chi connectivity index (χ1n) is 6.65. The number of hydrogen-bond acceptors (Lipinski definition) is 3. The number of rotatable bonds is 3. The molecule has 3 rings (SSSR count). The van der Waals surface area contributed by atoms with Crippen molar-refractivity contribution in [3.05, 3.63) is 41.5 Å². The van der Waals surface area contributed by atoms with Crippen LogP contribution in [0.1, 0.15) is 24.1 Å². The van der Waals surface area contributed by atoms with E-state index in [9.17, 15) is 4.39 Å². The van der Waals surface area contributed by atoms with Gasteiger partial charge in [0.15, 0.2) is 0 Å². The highest BCUT2D eigenvalue weighted by Gasteiger charge is 2.15. The number of aromatic nitrogens is 1. The quantitative estimate of drug-likeness (QED) is 0.847. The van der Waals surface area contributed by atoms with Crippen LogP contribution in [0.15, 0.2) is 28.9 Å². The average molecular weight is 260 g/mol. The maximum atomic E-state index is 13.9. The molecule has 0 amide bonds. The lowest BCUT2D eigenvalue weighted by atomic mass is 10.1. The minimum absolute atomic E-state index is 0.285. The summed E-state index contributed by atoms with van der Waals surface area (Å²) in [6, 6.07) is 5.19. The molecule has 1 saturated heterocycles. The van der Waals surface area contributed by atoms with Gasteiger partial charge >= 0.3 is 0 Å². The van der Waals surface area contributed by atoms with Gasteiger partial charge in [-0.05, 0) is 50.6 Å². The molecular formula is C15H17FN2O. The molecule has 1 fully saturated rings. The van der Waals surface area contributed by atoms with E-state index in [0.29, 0.717) is 11.5 Å². The molecule has 0 N–H and O–H groups in total. The van der Waals surface area contributed by atoms with Crippen molar-refractivity contribution in [2.24, 2.45) is 0 Å². The molecule has 2 heterocycles. The summed E-state index contributed by atoms with van der Waals surface area (Å²) in [4.78, 5) is 6.58. The predicted molar refractivity (Wildman–Crippen MR) is 71.1 cm³/mol. The van der Waals surface area contributed by atoms with E-state index in [4.69, 9.17) is 4.42 Å². The SMILES string of the molecule is Cc1coc(-c2cc(CN3CCCC3)ccc2F)n1. The van der Waals surface area contributed by atoms with Gasteiger partial charge in [0.2, 0.25) is 5.89 Å². The first kappa shape index (κ1) is 12.4. The molecule has 0 radical (unpaired) electrons. The molecule has 19 heavy (non-hydrogen) atoms. The minimum Gasteiger partial charge on any atom is -0.444 e. The van der Waals surface area contributed by atoms with E-state index < -0.39 is 0 Å². The van der Waals surface area contributed by atoms with Gasteiger partial charge in [0.25, 0.3) is 0 Å². The second-order valence-electron chi connectivity index (χ2n) is 5.09. The topological polar surface area (TPSA) is 29.3 Å². The summed E-state index contributed by atoms with van der Waals surface area (Å²) in [7, 11) is 0. The summed E-state index contributed by atoms with van der Waals surface area (Å²) < 4.78 is 19.2. The Kier molecular flexibility index (Phi) is 3.34. The van der Waals surface area contributed by atoms with Gasteiger partial charge in [0, 0.05) is 6.54 Å². The normalized spacial score (nSPS) is 16.1. The third kappa shape index (κ3) is 2.68. The van der Waals surface area contributed by atoms with Gasteiger partial charge in [-0.15, -0.1) is 0 Å². The molecule has 1 aromatic carbocycles. The Hall–Kier alpha value is -1.68. The van der Waals surface area contributed by atoms with Gasteiger partial charge in [0.05, 0.1) is 11.3 Å². The number of aryl methyl sites for hydroxylation is 1. The molecule has 2 aromatic rings. The third-order valence-corrected chi connectivity index (χ3v) is 3.49. The molecule has 1 aliphatic heterocycles. The van der Waals surface area contributed by atoms with E-state index in [0.717, 1.165) is 30.9 Å². The van der Waals surface area contributed by atoms with Gasteiger partial charge in [-0.1, -0.05) is 6.07 Å². The van der Waals surface area contributed by atoms with Crippen LogP contribution >= 0.6 is 0 Å². The first-order chi connectivity index (χ1) is 9.22. The van der Waals surface area contributed by atoms with Crippen LogP contribution in [0.3, 0.4) is 0 Å². The summed E-state index contributed by atoms with van der Waals surface area (Å²) in [6.07, 6.45) is 4.06. The summed E-state index contributed by atoms with van der Waals surface area (Å²) >= 11 is 0. The Labute approximate surface area is 112 Å². The third-order valence-electron chi connectivity index (χ3n) is 3.49. The van der Waals surface area contributed by atoms with Crippen LogP contribution in [0.4, 0.5) is 4.39 Å². The smallest absolute Gasteiger partial charge is 0.229 e. The summed E-state index contributed by atoms with van der Waals surface area (Å²) in [5.41, 5.74) is 2.32. The van der Waals surface area contributed by atoms with Gasteiger partial charge < -0.3 is 4.42 Å². The van der Waals surface area contributed by atoms with E-state index in [-0.39, 0.29) is 5.82 Å². The molecule has 1 aromatic heterocycles. The minimum atomic E-state index is -0.285. The lowest BCUT2D eigenvalue weighted by Crippen LogP contribution is -2.18. The van der Waals surface area contributed by atoms with Crippen molar-refractivity contribution in [2.45, 2.75) is 26.3 Å². The first-order valence-corrected chi connectivity index (χ1v) is 6.65. The summed E-state index contributed by atoms with van der Waals surface area (Å²) in [6.45, 7) is 4.96. The van der Waals surface area contributed by atoms with Gasteiger partial charge in [0.1, 0.15) is 12.1 Å². The molecule has 100 valence electrons. The monoisotopic (exact) mass is 260 g/mol. The van der Waals surface area contributed by atoms with Crippen molar-refractivity contribution in [3.8, 4) is 11.5 Å². The fraction of sp³-hybridized carbons (Fsp3) is 0.400. The number of benzene rings is 1. The van der Waals surface area contributed by atoms with Crippen LogP contribution in [0.2, 0.25) is 0 Å². The van der Waals surface area contributed by atoms with Gasteiger partial charge in [-0.25, -0.2) is 9.37 Å². The van der Waals surface area contributed by atoms with Crippen molar-refractivity contribution in [3.63, 3.8) is 0 Å². The van der Waals surface area contributed by atoms with Crippen molar-refractivity contribution in [1.29, 1.82) is 0 Å². The number of likely N-dealkylation sites (tertiary alicyclic amines) is 1. The fourth-order valence-electron chi connectivity index (χ4n) is 2.51. The number of hydrogen-bond donors (Lipinski definition) is 0. The van der Waals surface area contributed by atoms with Crippen molar-refractivity contribution >= 4 is 0 Å². The molecule has 0 atom stereocenters. The second kappa shape index (κ2) is 5.13.